The summed E-state index contributed by atoms with van der Waals surface area (Å²) in [6.45, 7) is 2.70. The first-order valence-corrected chi connectivity index (χ1v) is 11.6. The number of carbonyl (C=O) groups excluding carboxylic acids is 3. The van der Waals surface area contributed by atoms with Crippen molar-refractivity contribution in [2.24, 2.45) is 5.73 Å². The number of carboxylic acids is 1. The van der Waals surface area contributed by atoms with Gasteiger partial charge in [-0.05, 0) is 44.3 Å². The lowest BCUT2D eigenvalue weighted by atomic mass is 10.1. The van der Waals surface area contributed by atoms with Gasteiger partial charge in [0.25, 0.3) is 0 Å². The molecule has 0 aliphatic carbocycles. The Balaban J connectivity index is 2.72. The Kier molecular flexibility index (Phi) is 11.7. The van der Waals surface area contributed by atoms with Gasteiger partial charge < -0.3 is 31.9 Å². The fraction of sp³-hybridized carbons (Fsp3) is 0.524. The van der Waals surface area contributed by atoms with E-state index in [4.69, 9.17) is 10.8 Å². The van der Waals surface area contributed by atoms with Gasteiger partial charge in [-0.3, -0.25) is 14.4 Å². The van der Waals surface area contributed by atoms with Crippen LogP contribution in [0.2, 0.25) is 0 Å². The number of hydrogen-bond donors (Lipinski definition) is 6. The van der Waals surface area contributed by atoms with Crippen LogP contribution in [-0.2, 0) is 25.6 Å². The predicted octanol–water partition coefficient (Wildman–Crippen LogP) is -0.751. The fourth-order valence-electron chi connectivity index (χ4n) is 2.79. The van der Waals surface area contributed by atoms with Crippen molar-refractivity contribution in [3.8, 4) is 0 Å². The van der Waals surface area contributed by atoms with Crippen LogP contribution in [0.4, 0.5) is 0 Å². The summed E-state index contributed by atoms with van der Waals surface area (Å²) in [6, 6.07) is 4.84. The van der Waals surface area contributed by atoms with E-state index in [1.54, 1.807) is 0 Å². The van der Waals surface area contributed by atoms with E-state index in [0.717, 1.165) is 5.56 Å². The molecular formula is C21H32N4O6S. The van der Waals surface area contributed by atoms with Gasteiger partial charge in [0.05, 0.1) is 12.1 Å². The molecule has 0 radical (unpaired) electrons. The summed E-state index contributed by atoms with van der Waals surface area (Å²) in [7, 11) is 0. The summed E-state index contributed by atoms with van der Waals surface area (Å²) in [5.41, 5.74) is 6.82. The van der Waals surface area contributed by atoms with Gasteiger partial charge in [-0.15, -0.1) is 0 Å². The molecule has 0 heterocycles. The molecule has 0 spiro atoms. The summed E-state index contributed by atoms with van der Waals surface area (Å²) >= 11 is 1.45. The highest BCUT2D eigenvalue weighted by Gasteiger charge is 2.30. The second-order valence-electron chi connectivity index (χ2n) is 7.43. The third-order valence-corrected chi connectivity index (χ3v) is 5.32. The second kappa shape index (κ2) is 13.7. The maximum atomic E-state index is 12.6. The van der Waals surface area contributed by atoms with Gasteiger partial charge >= 0.3 is 5.97 Å². The van der Waals surface area contributed by atoms with Gasteiger partial charge in [0.15, 0.2) is 6.04 Å². The van der Waals surface area contributed by atoms with Crippen molar-refractivity contribution in [2.45, 2.75) is 57.0 Å². The van der Waals surface area contributed by atoms with E-state index in [9.17, 15) is 24.3 Å². The van der Waals surface area contributed by atoms with Crippen LogP contribution in [-0.4, -0.2) is 76.2 Å². The van der Waals surface area contributed by atoms with Crippen molar-refractivity contribution in [1.82, 2.24) is 16.0 Å². The van der Waals surface area contributed by atoms with E-state index in [1.165, 1.54) is 25.6 Å². The lowest BCUT2D eigenvalue weighted by molar-refractivity contribution is -0.145. The Morgan fingerprint density at radius 2 is 1.62 bits per heavy atom. The van der Waals surface area contributed by atoms with Crippen molar-refractivity contribution in [2.75, 3.05) is 12.0 Å². The number of carboxylic acid groups (broad SMARTS) is 1. The number of aliphatic hydroxyl groups is 1. The van der Waals surface area contributed by atoms with Crippen molar-refractivity contribution in [3.63, 3.8) is 0 Å². The van der Waals surface area contributed by atoms with Crippen LogP contribution in [0.25, 0.3) is 0 Å². The Morgan fingerprint density at radius 3 is 2.16 bits per heavy atom. The zero-order valence-electron chi connectivity index (χ0n) is 18.4. The molecule has 5 unspecified atom stereocenters. The zero-order valence-corrected chi connectivity index (χ0v) is 19.2. The molecule has 178 valence electrons. The molecule has 0 aliphatic heterocycles. The number of nitrogens with two attached hydrogens (primary N) is 1. The number of aliphatic hydroxyl groups excluding tert-OH is 1. The molecule has 1 aromatic rings. The Hall–Kier alpha value is -2.63. The highest BCUT2D eigenvalue weighted by atomic mass is 32.2. The summed E-state index contributed by atoms with van der Waals surface area (Å²) in [5.74, 6) is -2.73. The lowest BCUT2D eigenvalue weighted by Crippen LogP contribution is -2.57. The quantitative estimate of drug-likeness (QED) is 0.219. The SMILES string of the molecule is CSCCC(NC(=O)C(C)NC(=O)C(N)Cc1ccccc1)C(=O)NC(C(=O)O)C(C)O. The Bertz CT molecular complexity index is 777. The molecule has 5 atom stereocenters. The number of amides is 3. The monoisotopic (exact) mass is 468 g/mol. The van der Waals surface area contributed by atoms with E-state index in [-0.39, 0.29) is 6.42 Å². The Morgan fingerprint density at radius 1 is 1.00 bits per heavy atom. The first-order chi connectivity index (χ1) is 15.1. The number of hydrogen-bond acceptors (Lipinski definition) is 7. The molecular weight excluding hydrogens is 436 g/mol. The molecule has 0 bridgehead atoms. The molecule has 0 saturated carbocycles. The molecule has 10 nitrogen and oxygen atoms in total. The van der Waals surface area contributed by atoms with Gasteiger partial charge in [-0.2, -0.15) is 11.8 Å². The standard InChI is InChI=1S/C21H32N4O6S/c1-12(23-19(28)15(22)11-14-7-5-4-6-8-14)18(27)24-16(9-10-32-3)20(29)25-17(13(2)26)21(30)31/h4-8,12-13,15-17,26H,9-11,22H2,1-3H3,(H,23,28)(H,24,27)(H,25,29)(H,30,31). The minimum Gasteiger partial charge on any atom is -0.480 e. The number of aliphatic carboxylic acids is 1. The number of thioether (sulfide) groups is 1. The number of carbonyl (C=O) groups is 4. The topological polar surface area (TPSA) is 171 Å². The largest absolute Gasteiger partial charge is 0.480 e. The average Bonchev–Trinajstić information content (AvgIpc) is 2.74. The molecule has 32 heavy (non-hydrogen) atoms. The molecule has 1 aromatic carbocycles. The molecule has 0 saturated heterocycles. The van der Waals surface area contributed by atoms with E-state index < -0.39 is 54.0 Å². The van der Waals surface area contributed by atoms with Gasteiger partial charge in [0.1, 0.15) is 12.1 Å². The second-order valence-corrected chi connectivity index (χ2v) is 8.42. The number of nitrogens with one attached hydrogen (secondary N) is 3. The average molecular weight is 469 g/mol. The fourth-order valence-corrected chi connectivity index (χ4v) is 3.26. The predicted molar refractivity (Wildman–Crippen MR) is 122 cm³/mol. The van der Waals surface area contributed by atoms with Gasteiger partial charge in [0.2, 0.25) is 17.7 Å². The van der Waals surface area contributed by atoms with Gasteiger partial charge in [0, 0.05) is 0 Å². The summed E-state index contributed by atoms with van der Waals surface area (Å²) in [4.78, 5) is 48.7. The summed E-state index contributed by atoms with van der Waals surface area (Å²) < 4.78 is 0. The van der Waals surface area contributed by atoms with Crippen LogP contribution < -0.4 is 21.7 Å². The maximum absolute atomic E-state index is 12.6. The van der Waals surface area contributed by atoms with Crippen LogP contribution in [0, 0.1) is 0 Å². The van der Waals surface area contributed by atoms with Crippen molar-refractivity contribution < 1.29 is 29.4 Å². The minimum atomic E-state index is -1.51. The highest BCUT2D eigenvalue weighted by Crippen LogP contribution is 2.05. The first kappa shape index (κ1) is 27.4. The van der Waals surface area contributed by atoms with Crippen LogP contribution in [0.15, 0.2) is 30.3 Å². The molecule has 1 rings (SSSR count). The molecule has 0 aliphatic rings. The third kappa shape index (κ3) is 9.25. The summed E-state index contributed by atoms with van der Waals surface area (Å²) in [5, 5.41) is 26.0. The molecule has 11 heteroatoms. The van der Waals surface area contributed by atoms with Crippen molar-refractivity contribution in [1.29, 1.82) is 0 Å². The smallest absolute Gasteiger partial charge is 0.328 e. The van der Waals surface area contributed by atoms with Crippen LogP contribution in [0.3, 0.4) is 0 Å². The van der Waals surface area contributed by atoms with Gasteiger partial charge in [-0.1, -0.05) is 30.3 Å². The number of benzene rings is 1. The van der Waals surface area contributed by atoms with E-state index >= 15 is 0 Å². The van der Waals surface area contributed by atoms with Gasteiger partial charge in [-0.25, -0.2) is 4.79 Å². The zero-order chi connectivity index (χ0) is 24.3. The molecule has 0 aromatic heterocycles. The molecule has 0 fully saturated rings. The minimum absolute atomic E-state index is 0.235. The number of rotatable bonds is 13. The Labute approximate surface area is 191 Å². The van der Waals surface area contributed by atoms with E-state index in [0.29, 0.717) is 12.2 Å². The molecule has 3 amide bonds. The van der Waals surface area contributed by atoms with Crippen LogP contribution >= 0.6 is 11.8 Å². The molecule has 7 N–H and O–H groups in total. The van der Waals surface area contributed by atoms with Crippen LogP contribution in [0.1, 0.15) is 25.8 Å². The highest BCUT2D eigenvalue weighted by molar-refractivity contribution is 7.98. The maximum Gasteiger partial charge on any atom is 0.328 e. The van der Waals surface area contributed by atoms with E-state index in [1.807, 2.05) is 36.6 Å². The third-order valence-electron chi connectivity index (χ3n) is 4.68. The lowest BCUT2D eigenvalue weighted by Gasteiger charge is -2.24. The van der Waals surface area contributed by atoms with E-state index in [2.05, 4.69) is 16.0 Å². The van der Waals surface area contributed by atoms with Crippen molar-refractivity contribution >= 4 is 35.5 Å². The van der Waals surface area contributed by atoms with Crippen molar-refractivity contribution in [3.05, 3.63) is 35.9 Å². The summed E-state index contributed by atoms with van der Waals surface area (Å²) in [6.07, 6.45) is 1.04. The van der Waals surface area contributed by atoms with Crippen LogP contribution in [0.5, 0.6) is 0 Å². The normalized spacial score (nSPS) is 15.5. The first-order valence-electron chi connectivity index (χ1n) is 10.2.